The van der Waals surface area contributed by atoms with E-state index in [9.17, 15) is 9.59 Å². The average Bonchev–Trinajstić information content (AvgIpc) is 2.58. The Morgan fingerprint density at radius 3 is 1.46 bits per heavy atom. The topological polar surface area (TPSA) is 101 Å². The lowest BCUT2D eigenvalue weighted by Gasteiger charge is -2.11. The number of ether oxygens (including phenoxy) is 2. The maximum absolute atomic E-state index is 11.4. The summed E-state index contributed by atoms with van der Waals surface area (Å²) >= 11 is 10.00. The molecule has 0 heterocycles. The molecule has 0 saturated carbocycles. The first-order valence-electron chi connectivity index (χ1n) is 8.92. The van der Waals surface area contributed by atoms with Crippen molar-refractivity contribution in [1.82, 2.24) is 21.3 Å². The Balaban J connectivity index is 3.56. The second-order valence-corrected chi connectivity index (χ2v) is 6.26. The van der Waals surface area contributed by atoms with Gasteiger partial charge in [0.05, 0.1) is 13.2 Å². The molecular formula is C16H30N4O4S2. The van der Waals surface area contributed by atoms with Crippen LogP contribution in [0.2, 0.25) is 0 Å². The van der Waals surface area contributed by atoms with E-state index in [0.29, 0.717) is 26.3 Å². The summed E-state index contributed by atoms with van der Waals surface area (Å²) in [4.78, 5) is 22.8. The summed E-state index contributed by atoms with van der Waals surface area (Å²) in [5.41, 5.74) is 0. The normalized spacial score (nSPS) is 9.77. The highest BCUT2D eigenvalue weighted by Crippen LogP contribution is 1.90. The summed E-state index contributed by atoms with van der Waals surface area (Å²) in [5.74, 6) is 0. The molecule has 26 heavy (non-hydrogen) atoms. The van der Waals surface area contributed by atoms with Crippen LogP contribution < -0.4 is 21.3 Å². The van der Waals surface area contributed by atoms with Crippen molar-refractivity contribution in [2.24, 2.45) is 0 Å². The molecule has 0 aliphatic rings. The van der Waals surface area contributed by atoms with Crippen LogP contribution in [0.1, 0.15) is 52.4 Å². The van der Waals surface area contributed by atoms with Crippen LogP contribution >= 0.6 is 24.4 Å². The van der Waals surface area contributed by atoms with Crippen LogP contribution in [0, 0.1) is 0 Å². The van der Waals surface area contributed by atoms with E-state index < -0.39 is 12.2 Å². The van der Waals surface area contributed by atoms with E-state index in [1.165, 1.54) is 0 Å². The summed E-state index contributed by atoms with van der Waals surface area (Å²) in [6.45, 7) is 6.02. The summed E-state index contributed by atoms with van der Waals surface area (Å²) < 4.78 is 9.88. The summed E-state index contributed by atoms with van der Waals surface area (Å²) in [5, 5.41) is 11.2. The van der Waals surface area contributed by atoms with Crippen LogP contribution in [0.25, 0.3) is 0 Å². The molecule has 8 nitrogen and oxygen atoms in total. The standard InChI is InChI=1S/C16H30N4O4S2/c1-3-5-11-23-15(21)19-13(25)17-9-7-8-10-18-14(26)20-16(22)24-12-6-4-2/h3-12H2,1-2H3,(H2,17,19,21,25)(H2,18,20,22,26). The fourth-order valence-electron chi connectivity index (χ4n) is 1.62. The van der Waals surface area contributed by atoms with Gasteiger partial charge < -0.3 is 20.1 Å². The Kier molecular flexibility index (Phi) is 15.7. The van der Waals surface area contributed by atoms with E-state index in [1.807, 2.05) is 13.8 Å². The van der Waals surface area contributed by atoms with Crippen molar-refractivity contribution >= 4 is 46.8 Å². The summed E-state index contributed by atoms with van der Waals surface area (Å²) in [6.07, 6.45) is 4.11. The van der Waals surface area contributed by atoms with Crippen LogP contribution in [0.3, 0.4) is 0 Å². The summed E-state index contributed by atoms with van der Waals surface area (Å²) in [7, 11) is 0. The molecule has 0 unspecified atom stereocenters. The van der Waals surface area contributed by atoms with Gasteiger partial charge in [0.15, 0.2) is 10.2 Å². The molecular weight excluding hydrogens is 376 g/mol. The SMILES string of the molecule is CCCCOC(=O)NC(=S)NCCCCNC(=S)NC(=O)OCCCC. The highest BCUT2D eigenvalue weighted by atomic mass is 32.1. The third kappa shape index (κ3) is 15.8. The number of carbonyl (C=O) groups excluding carboxylic acids is 2. The van der Waals surface area contributed by atoms with E-state index in [4.69, 9.17) is 33.9 Å². The molecule has 0 aliphatic heterocycles. The molecule has 0 bridgehead atoms. The molecule has 0 aromatic carbocycles. The van der Waals surface area contributed by atoms with Gasteiger partial charge in [-0.3, -0.25) is 10.6 Å². The fourth-order valence-corrected chi connectivity index (χ4v) is 1.99. The lowest BCUT2D eigenvalue weighted by Crippen LogP contribution is -2.41. The average molecular weight is 407 g/mol. The second kappa shape index (κ2) is 16.8. The van der Waals surface area contributed by atoms with Crippen molar-refractivity contribution in [3.05, 3.63) is 0 Å². The van der Waals surface area contributed by atoms with Crippen LogP contribution in [-0.2, 0) is 9.47 Å². The zero-order chi connectivity index (χ0) is 19.6. The minimum atomic E-state index is -0.542. The van der Waals surface area contributed by atoms with Crippen molar-refractivity contribution in [2.45, 2.75) is 52.4 Å². The maximum Gasteiger partial charge on any atom is 0.413 e. The van der Waals surface area contributed by atoms with Gasteiger partial charge in [-0.25, -0.2) is 9.59 Å². The first-order valence-corrected chi connectivity index (χ1v) is 9.74. The Bertz CT molecular complexity index is 410. The molecule has 0 aliphatic carbocycles. The molecule has 10 heteroatoms. The third-order valence-corrected chi connectivity index (χ3v) is 3.56. The Morgan fingerprint density at radius 1 is 0.731 bits per heavy atom. The monoisotopic (exact) mass is 406 g/mol. The molecule has 2 amide bonds. The third-order valence-electron chi connectivity index (χ3n) is 3.07. The minimum Gasteiger partial charge on any atom is -0.449 e. The Labute approximate surface area is 166 Å². The number of nitrogens with one attached hydrogen (secondary N) is 4. The number of alkyl carbamates (subject to hydrolysis) is 2. The van der Waals surface area contributed by atoms with Crippen LogP contribution in [-0.4, -0.2) is 48.7 Å². The maximum atomic E-state index is 11.4. The van der Waals surface area contributed by atoms with Gasteiger partial charge in [-0.05, 0) is 50.1 Å². The predicted molar refractivity (Wildman–Crippen MR) is 109 cm³/mol. The molecule has 0 radical (unpaired) electrons. The molecule has 0 atom stereocenters. The van der Waals surface area contributed by atoms with Gasteiger partial charge in [-0.15, -0.1) is 0 Å². The van der Waals surface area contributed by atoms with Crippen molar-refractivity contribution in [3.8, 4) is 0 Å². The first-order chi connectivity index (χ1) is 12.5. The zero-order valence-corrected chi connectivity index (χ0v) is 17.2. The fraction of sp³-hybridized carbons (Fsp3) is 0.750. The highest BCUT2D eigenvalue weighted by molar-refractivity contribution is 7.80. The number of unbranched alkanes of at least 4 members (excludes halogenated alkanes) is 3. The summed E-state index contributed by atoms with van der Waals surface area (Å²) in [6, 6.07) is 0. The van der Waals surface area contributed by atoms with Gasteiger partial charge in [0, 0.05) is 13.1 Å². The van der Waals surface area contributed by atoms with Crippen molar-refractivity contribution in [2.75, 3.05) is 26.3 Å². The van der Waals surface area contributed by atoms with Gasteiger partial charge in [0.25, 0.3) is 0 Å². The molecule has 0 aromatic heterocycles. The van der Waals surface area contributed by atoms with Crippen LogP contribution in [0.5, 0.6) is 0 Å². The van der Waals surface area contributed by atoms with Crippen molar-refractivity contribution in [1.29, 1.82) is 0 Å². The predicted octanol–water partition coefficient (Wildman–Crippen LogP) is 2.57. The minimum absolute atomic E-state index is 0.242. The first kappa shape index (κ1) is 24.3. The Hall–Kier alpha value is -1.68. The van der Waals surface area contributed by atoms with E-state index >= 15 is 0 Å². The number of hydrogen-bond donors (Lipinski definition) is 4. The molecule has 0 fully saturated rings. The molecule has 0 spiro atoms. The van der Waals surface area contributed by atoms with Crippen LogP contribution in [0.15, 0.2) is 0 Å². The zero-order valence-electron chi connectivity index (χ0n) is 15.5. The quantitative estimate of drug-likeness (QED) is 0.307. The number of carbonyl (C=O) groups is 2. The van der Waals surface area contributed by atoms with E-state index in [2.05, 4.69) is 21.3 Å². The van der Waals surface area contributed by atoms with Crippen molar-refractivity contribution < 1.29 is 19.1 Å². The van der Waals surface area contributed by atoms with E-state index in [1.54, 1.807) is 0 Å². The lowest BCUT2D eigenvalue weighted by molar-refractivity contribution is 0.149. The van der Waals surface area contributed by atoms with Crippen molar-refractivity contribution in [3.63, 3.8) is 0 Å². The number of amides is 2. The van der Waals surface area contributed by atoms with Gasteiger partial charge in [-0.2, -0.15) is 0 Å². The highest BCUT2D eigenvalue weighted by Gasteiger charge is 2.05. The number of hydrogen-bond acceptors (Lipinski definition) is 6. The molecule has 0 rings (SSSR count). The largest absolute Gasteiger partial charge is 0.449 e. The number of thiocarbonyl (C=S) groups is 2. The molecule has 150 valence electrons. The lowest BCUT2D eigenvalue weighted by atomic mass is 10.3. The second-order valence-electron chi connectivity index (χ2n) is 5.45. The van der Waals surface area contributed by atoms with E-state index in [0.717, 1.165) is 38.5 Å². The van der Waals surface area contributed by atoms with Gasteiger partial charge in [0.1, 0.15) is 0 Å². The van der Waals surface area contributed by atoms with Gasteiger partial charge >= 0.3 is 12.2 Å². The van der Waals surface area contributed by atoms with E-state index in [-0.39, 0.29) is 10.2 Å². The van der Waals surface area contributed by atoms with Gasteiger partial charge in [0.2, 0.25) is 0 Å². The number of rotatable bonds is 11. The molecule has 0 aromatic rings. The van der Waals surface area contributed by atoms with Crippen LogP contribution in [0.4, 0.5) is 9.59 Å². The molecule has 4 N–H and O–H groups in total. The smallest absolute Gasteiger partial charge is 0.413 e. The van der Waals surface area contributed by atoms with Gasteiger partial charge in [-0.1, -0.05) is 26.7 Å². The molecule has 0 saturated heterocycles. The Morgan fingerprint density at radius 2 is 1.12 bits per heavy atom.